The van der Waals surface area contributed by atoms with Gasteiger partial charge in [0.05, 0.1) is 22.9 Å². The lowest BCUT2D eigenvalue weighted by atomic mass is 10.1. The summed E-state index contributed by atoms with van der Waals surface area (Å²) in [5.41, 5.74) is 2.12. The highest BCUT2D eigenvalue weighted by Crippen LogP contribution is 2.24. The Labute approximate surface area is 179 Å². The number of hydrogen-bond donors (Lipinski definition) is 1. The minimum absolute atomic E-state index is 0.193. The Bertz CT molecular complexity index is 1090. The van der Waals surface area contributed by atoms with Crippen LogP contribution in [0.5, 0.6) is 0 Å². The zero-order valence-corrected chi connectivity index (χ0v) is 19.4. The molecule has 9 heteroatoms. The second-order valence-electron chi connectivity index (χ2n) is 7.39. The maximum Gasteiger partial charge on any atom is 0.244 e. The summed E-state index contributed by atoms with van der Waals surface area (Å²) in [7, 11) is -7.01. The van der Waals surface area contributed by atoms with Crippen LogP contribution in [0.4, 0.5) is 5.69 Å². The van der Waals surface area contributed by atoms with E-state index >= 15 is 0 Å². The molecule has 0 radical (unpaired) electrons. The molecule has 0 aromatic heterocycles. The molecule has 0 aliphatic rings. The average Bonchev–Trinajstić information content (AvgIpc) is 2.65. The smallest absolute Gasteiger partial charge is 0.244 e. The van der Waals surface area contributed by atoms with Gasteiger partial charge in [0.25, 0.3) is 0 Å². The lowest BCUT2D eigenvalue weighted by Gasteiger charge is -2.31. The van der Waals surface area contributed by atoms with E-state index in [2.05, 4.69) is 5.32 Å². The molecule has 2 rings (SSSR count). The van der Waals surface area contributed by atoms with E-state index in [0.29, 0.717) is 11.3 Å². The van der Waals surface area contributed by atoms with Crippen LogP contribution in [0.15, 0.2) is 53.4 Å². The lowest BCUT2D eigenvalue weighted by molar-refractivity contribution is -0.122. The molecular formula is C21H28N2O5S2. The molecule has 0 aliphatic carbocycles. The summed E-state index contributed by atoms with van der Waals surface area (Å²) in [5.74, 6) is -0.428. The molecule has 0 saturated carbocycles. The zero-order valence-electron chi connectivity index (χ0n) is 17.8. The van der Waals surface area contributed by atoms with E-state index in [-0.39, 0.29) is 11.3 Å². The van der Waals surface area contributed by atoms with Crippen molar-refractivity contribution < 1.29 is 21.6 Å². The number of carbonyl (C=O) groups excluding carboxylic acids is 1. The number of sulfonamides is 1. The van der Waals surface area contributed by atoms with Crippen LogP contribution in [-0.4, -0.2) is 41.3 Å². The van der Waals surface area contributed by atoms with Gasteiger partial charge in [-0.25, -0.2) is 16.8 Å². The van der Waals surface area contributed by atoms with E-state index in [0.717, 1.165) is 22.4 Å². The van der Waals surface area contributed by atoms with Gasteiger partial charge in [0, 0.05) is 6.26 Å². The van der Waals surface area contributed by atoms with Crippen LogP contribution in [-0.2, 0) is 24.7 Å². The van der Waals surface area contributed by atoms with Crippen molar-refractivity contribution in [3.05, 3.63) is 59.7 Å². The number of carbonyl (C=O) groups is 1. The van der Waals surface area contributed by atoms with Gasteiger partial charge in [0.1, 0.15) is 6.04 Å². The summed E-state index contributed by atoms with van der Waals surface area (Å²) >= 11 is 0. The molecular weight excluding hydrogens is 424 g/mol. The number of amides is 1. The quantitative estimate of drug-likeness (QED) is 0.664. The van der Waals surface area contributed by atoms with Gasteiger partial charge in [-0.1, -0.05) is 36.8 Å². The maximum absolute atomic E-state index is 13.0. The zero-order chi connectivity index (χ0) is 22.7. The van der Waals surface area contributed by atoms with Crippen molar-refractivity contribution in [2.45, 2.75) is 44.2 Å². The molecule has 2 atom stereocenters. The second kappa shape index (κ2) is 9.18. The number of rotatable bonds is 8. The third kappa shape index (κ3) is 5.82. The molecule has 164 valence electrons. The molecule has 1 amide bonds. The van der Waals surface area contributed by atoms with Crippen molar-refractivity contribution >= 4 is 31.5 Å². The molecule has 0 unspecified atom stereocenters. The third-order valence-electron chi connectivity index (χ3n) is 4.79. The van der Waals surface area contributed by atoms with Gasteiger partial charge in [-0.2, -0.15) is 0 Å². The summed E-state index contributed by atoms with van der Waals surface area (Å²) < 4.78 is 49.4. The molecule has 0 heterocycles. The SMILES string of the molecule is CC[C@@H](C(=O)N[C@@H](C)c1ccc(S(C)(=O)=O)cc1)N(c1ccc(C)cc1)S(C)(=O)=O. The predicted molar refractivity (Wildman–Crippen MR) is 119 cm³/mol. The van der Waals surface area contributed by atoms with Crippen LogP contribution in [0.2, 0.25) is 0 Å². The highest BCUT2D eigenvalue weighted by atomic mass is 32.2. The Kier molecular flexibility index (Phi) is 7.31. The molecule has 0 aliphatic heterocycles. The average molecular weight is 453 g/mol. The number of nitrogens with zero attached hydrogens (tertiary/aromatic N) is 1. The molecule has 0 bridgehead atoms. The van der Waals surface area contributed by atoms with Gasteiger partial charge in [-0.05, 0) is 50.1 Å². The second-order valence-corrected chi connectivity index (χ2v) is 11.3. The summed E-state index contributed by atoms with van der Waals surface area (Å²) in [5, 5.41) is 2.84. The fraction of sp³-hybridized carbons (Fsp3) is 0.381. The molecule has 0 spiro atoms. The molecule has 30 heavy (non-hydrogen) atoms. The van der Waals surface area contributed by atoms with Crippen LogP contribution in [0.1, 0.15) is 37.4 Å². The first-order chi connectivity index (χ1) is 13.8. The number of sulfone groups is 1. The number of anilines is 1. The molecule has 1 N–H and O–H groups in total. The Balaban J connectivity index is 2.28. The first-order valence-corrected chi connectivity index (χ1v) is 13.2. The molecule has 7 nitrogen and oxygen atoms in total. The number of nitrogens with one attached hydrogen (secondary N) is 1. The first-order valence-electron chi connectivity index (χ1n) is 9.51. The standard InChI is InChI=1S/C21H28N2O5S2/c1-6-20(23(30(5,27)28)18-11-7-15(2)8-12-18)21(24)22-16(3)17-9-13-19(14-10-17)29(4,25)26/h7-14,16,20H,6H2,1-5H3,(H,22,24)/t16-,20-/m0/s1. The molecule has 2 aromatic rings. The van der Waals surface area contributed by atoms with Gasteiger partial charge in [-0.15, -0.1) is 0 Å². The van der Waals surface area contributed by atoms with Crippen LogP contribution in [0, 0.1) is 6.92 Å². The van der Waals surface area contributed by atoms with Gasteiger partial charge < -0.3 is 5.32 Å². The van der Waals surface area contributed by atoms with E-state index in [1.54, 1.807) is 50.2 Å². The number of aryl methyl sites for hydroxylation is 1. The Morgan fingerprint density at radius 2 is 1.50 bits per heavy atom. The Morgan fingerprint density at radius 1 is 0.967 bits per heavy atom. The van der Waals surface area contributed by atoms with Crippen molar-refractivity contribution in [2.24, 2.45) is 0 Å². The normalized spacial score (nSPS) is 14.0. The minimum atomic E-state index is -3.70. The highest BCUT2D eigenvalue weighted by molar-refractivity contribution is 7.92. The van der Waals surface area contributed by atoms with Crippen molar-refractivity contribution in [1.82, 2.24) is 5.32 Å². The predicted octanol–water partition coefficient (Wildman–Crippen LogP) is 2.82. The first kappa shape index (κ1) is 23.9. The van der Waals surface area contributed by atoms with Crippen molar-refractivity contribution in [2.75, 3.05) is 16.8 Å². The van der Waals surface area contributed by atoms with E-state index in [1.165, 1.54) is 12.1 Å². The van der Waals surface area contributed by atoms with E-state index < -0.39 is 37.9 Å². The highest BCUT2D eigenvalue weighted by Gasteiger charge is 2.32. The van der Waals surface area contributed by atoms with Gasteiger partial charge in [-0.3, -0.25) is 9.10 Å². The molecule has 0 fully saturated rings. The number of benzene rings is 2. The van der Waals surface area contributed by atoms with Crippen LogP contribution in [0.25, 0.3) is 0 Å². The Morgan fingerprint density at radius 3 is 1.93 bits per heavy atom. The summed E-state index contributed by atoms with van der Waals surface area (Å²) in [6, 6.07) is 11.8. The third-order valence-corrected chi connectivity index (χ3v) is 7.09. The summed E-state index contributed by atoms with van der Waals surface area (Å²) in [6.07, 6.45) is 2.49. The fourth-order valence-electron chi connectivity index (χ4n) is 3.15. The van der Waals surface area contributed by atoms with Crippen LogP contribution in [0.3, 0.4) is 0 Å². The monoisotopic (exact) mass is 452 g/mol. The van der Waals surface area contributed by atoms with Crippen LogP contribution >= 0.6 is 0 Å². The molecule has 0 saturated heterocycles. The van der Waals surface area contributed by atoms with Crippen molar-refractivity contribution in [1.29, 1.82) is 0 Å². The summed E-state index contributed by atoms with van der Waals surface area (Å²) in [6.45, 7) is 5.41. The van der Waals surface area contributed by atoms with Crippen LogP contribution < -0.4 is 9.62 Å². The maximum atomic E-state index is 13.0. The molecule has 2 aromatic carbocycles. The van der Waals surface area contributed by atoms with Gasteiger partial charge >= 0.3 is 0 Å². The van der Waals surface area contributed by atoms with E-state index in [9.17, 15) is 21.6 Å². The Hall–Kier alpha value is -2.39. The summed E-state index contributed by atoms with van der Waals surface area (Å²) in [4.78, 5) is 13.2. The van der Waals surface area contributed by atoms with Gasteiger partial charge in [0.15, 0.2) is 9.84 Å². The topological polar surface area (TPSA) is 101 Å². The van der Waals surface area contributed by atoms with Crippen molar-refractivity contribution in [3.63, 3.8) is 0 Å². The van der Waals surface area contributed by atoms with Crippen molar-refractivity contribution in [3.8, 4) is 0 Å². The largest absolute Gasteiger partial charge is 0.348 e. The van der Waals surface area contributed by atoms with E-state index in [1.807, 2.05) is 6.92 Å². The van der Waals surface area contributed by atoms with E-state index in [4.69, 9.17) is 0 Å². The lowest BCUT2D eigenvalue weighted by Crippen LogP contribution is -2.49. The minimum Gasteiger partial charge on any atom is -0.348 e. The van der Waals surface area contributed by atoms with Gasteiger partial charge in [0.2, 0.25) is 15.9 Å². The number of hydrogen-bond acceptors (Lipinski definition) is 5. The fourth-order valence-corrected chi connectivity index (χ4v) is 4.99.